The number of rotatable bonds is 1. The minimum atomic E-state index is -0.221. The van der Waals surface area contributed by atoms with E-state index in [2.05, 4.69) is 0 Å². The number of aryl methyl sites for hydroxylation is 1. The first-order valence-corrected chi connectivity index (χ1v) is 5.70. The van der Waals surface area contributed by atoms with Crippen molar-refractivity contribution in [2.24, 2.45) is 0 Å². The Labute approximate surface area is 101 Å². The molecule has 90 valence electrons. The number of hydrogen-bond donors (Lipinski definition) is 1. The lowest BCUT2D eigenvalue weighted by molar-refractivity contribution is 0.0892. The number of Topliss-reactive ketones (excluding diaryl/α,β-unsaturated/α-hetero) is 1. The molecule has 2 rings (SSSR count). The fourth-order valence-corrected chi connectivity index (χ4v) is 2.12. The van der Waals surface area contributed by atoms with Crippen molar-refractivity contribution in [1.82, 2.24) is 0 Å². The zero-order chi connectivity index (χ0) is 12.6. The SMILES string of the molecule is C/C=C/[C@@H]1CC(=O)c2cc(C)c(O)c(C)c2O1. The van der Waals surface area contributed by atoms with Crippen LogP contribution in [0.4, 0.5) is 0 Å². The molecular weight excluding hydrogens is 216 g/mol. The van der Waals surface area contributed by atoms with Crippen molar-refractivity contribution >= 4 is 5.78 Å². The highest BCUT2D eigenvalue weighted by atomic mass is 16.5. The van der Waals surface area contributed by atoms with E-state index in [4.69, 9.17) is 4.74 Å². The number of aromatic hydroxyl groups is 1. The van der Waals surface area contributed by atoms with Crippen LogP contribution in [0.1, 0.15) is 34.8 Å². The summed E-state index contributed by atoms with van der Waals surface area (Å²) in [6, 6.07) is 1.70. The Hall–Kier alpha value is -1.77. The molecule has 0 saturated carbocycles. The number of hydrogen-bond acceptors (Lipinski definition) is 3. The van der Waals surface area contributed by atoms with E-state index in [9.17, 15) is 9.90 Å². The lowest BCUT2D eigenvalue weighted by Crippen LogP contribution is -2.25. The number of fused-ring (bicyclic) bond motifs is 1. The summed E-state index contributed by atoms with van der Waals surface area (Å²) in [5, 5.41) is 9.86. The summed E-state index contributed by atoms with van der Waals surface area (Å²) in [7, 11) is 0. The van der Waals surface area contributed by atoms with E-state index in [0.717, 1.165) is 0 Å². The van der Waals surface area contributed by atoms with E-state index in [1.807, 2.05) is 19.1 Å². The highest BCUT2D eigenvalue weighted by Crippen LogP contribution is 2.38. The molecule has 1 atom stereocenters. The Balaban J connectivity index is 2.53. The summed E-state index contributed by atoms with van der Waals surface area (Å²) in [5.74, 6) is 0.797. The summed E-state index contributed by atoms with van der Waals surface area (Å²) in [6.07, 6.45) is 3.87. The van der Waals surface area contributed by atoms with Crippen molar-refractivity contribution in [1.29, 1.82) is 0 Å². The van der Waals surface area contributed by atoms with Crippen molar-refractivity contribution in [3.05, 3.63) is 34.9 Å². The predicted octanol–water partition coefficient (Wildman–Crippen LogP) is 2.92. The maximum absolute atomic E-state index is 12.0. The molecule has 0 unspecified atom stereocenters. The van der Waals surface area contributed by atoms with E-state index >= 15 is 0 Å². The maximum Gasteiger partial charge on any atom is 0.170 e. The Kier molecular flexibility index (Phi) is 2.92. The standard InChI is InChI=1S/C14H16O3/c1-4-5-10-7-12(15)11-6-8(2)13(16)9(3)14(11)17-10/h4-6,10,16H,7H2,1-3H3/b5-4+/t10-/m1/s1. The van der Waals surface area contributed by atoms with E-state index in [0.29, 0.717) is 28.9 Å². The van der Waals surface area contributed by atoms with Gasteiger partial charge in [-0.3, -0.25) is 4.79 Å². The average Bonchev–Trinajstić information content (AvgIpc) is 2.29. The van der Waals surface area contributed by atoms with Crippen LogP contribution in [-0.2, 0) is 0 Å². The zero-order valence-corrected chi connectivity index (χ0v) is 10.3. The molecule has 1 aromatic rings. The minimum absolute atomic E-state index is 0.0700. The van der Waals surface area contributed by atoms with Crippen molar-refractivity contribution in [2.45, 2.75) is 33.3 Å². The lowest BCUT2D eigenvalue weighted by Gasteiger charge is -2.25. The van der Waals surface area contributed by atoms with Crippen molar-refractivity contribution in [3.8, 4) is 11.5 Å². The van der Waals surface area contributed by atoms with Crippen LogP contribution in [-0.4, -0.2) is 17.0 Å². The molecule has 1 aliphatic rings. The number of carbonyl (C=O) groups excluding carboxylic acids is 1. The molecule has 0 aliphatic carbocycles. The molecule has 3 heteroatoms. The normalized spacial score (nSPS) is 19.2. The van der Waals surface area contributed by atoms with Gasteiger partial charge in [-0.15, -0.1) is 0 Å². The molecule has 0 spiro atoms. The van der Waals surface area contributed by atoms with Crippen LogP contribution in [0.3, 0.4) is 0 Å². The molecule has 0 saturated heterocycles. The van der Waals surface area contributed by atoms with Gasteiger partial charge in [0.25, 0.3) is 0 Å². The first kappa shape index (κ1) is 11.7. The Morgan fingerprint density at radius 2 is 2.18 bits per heavy atom. The molecule has 0 radical (unpaired) electrons. The summed E-state index contributed by atoms with van der Waals surface area (Å²) < 4.78 is 5.74. The van der Waals surface area contributed by atoms with E-state index in [1.54, 1.807) is 19.9 Å². The molecule has 3 nitrogen and oxygen atoms in total. The van der Waals surface area contributed by atoms with Gasteiger partial charge in [-0.25, -0.2) is 0 Å². The largest absolute Gasteiger partial charge is 0.507 e. The summed E-state index contributed by atoms with van der Waals surface area (Å²) in [4.78, 5) is 12.0. The van der Waals surface area contributed by atoms with E-state index in [1.165, 1.54) is 0 Å². The minimum Gasteiger partial charge on any atom is -0.507 e. The first-order chi connectivity index (χ1) is 8.04. The summed E-state index contributed by atoms with van der Waals surface area (Å²) in [5.41, 5.74) is 1.93. The Morgan fingerprint density at radius 1 is 1.47 bits per heavy atom. The molecule has 0 amide bonds. The first-order valence-electron chi connectivity index (χ1n) is 5.70. The predicted molar refractivity (Wildman–Crippen MR) is 65.8 cm³/mol. The number of phenols is 1. The maximum atomic E-state index is 12.0. The molecule has 17 heavy (non-hydrogen) atoms. The number of benzene rings is 1. The number of allylic oxidation sites excluding steroid dienone is 1. The molecule has 1 aliphatic heterocycles. The summed E-state index contributed by atoms with van der Waals surface area (Å²) >= 11 is 0. The molecule has 1 heterocycles. The van der Waals surface area contributed by atoms with Gasteiger partial charge in [0, 0.05) is 5.56 Å². The molecule has 0 aromatic heterocycles. The molecular formula is C14H16O3. The second kappa shape index (κ2) is 4.24. The van der Waals surface area contributed by atoms with Gasteiger partial charge in [-0.2, -0.15) is 0 Å². The van der Waals surface area contributed by atoms with Crippen LogP contribution < -0.4 is 4.74 Å². The number of phenolic OH excluding ortho intramolecular Hbond substituents is 1. The van der Waals surface area contributed by atoms with Gasteiger partial charge in [0.05, 0.1) is 12.0 Å². The fraction of sp³-hybridized carbons (Fsp3) is 0.357. The zero-order valence-electron chi connectivity index (χ0n) is 10.3. The van der Waals surface area contributed by atoms with Gasteiger partial charge < -0.3 is 9.84 Å². The van der Waals surface area contributed by atoms with E-state index in [-0.39, 0.29) is 17.6 Å². The van der Waals surface area contributed by atoms with Crippen molar-refractivity contribution in [2.75, 3.05) is 0 Å². The van der Waals surface area contributed by atoms with Crippen LogP contribution in [0.5, 0.6) is 11.5 Å². The van der Waals surface area contributed by atoms with Gasteiger partial charge in [-0.05, 0) is 38.5 Å². The number of carbonyl (C=O) groups is 1. The Morgan fingerprint density at radius 3 is 2.82 bits per heavy atom. The highest BCUT2D eigenvalue weighted by Gasteiger charge is 2.28. The molecule has 0 fully saturated rings. The van der Waals surface area contributed by atoms with Crippen LogP contribution >= 0.6 is 0 Å². The monoisotopic (exact) mass is 232 g/mol. The molecule has 0 bridgehead atoms. The van der Waals surface area contributed by atoms with Gasteiger partial charge in [0.15, 0.2) is 5.78 Å². The van der Waals surface area contributed by atoms with Crippen LogP contribution in [0.2, 0.25) is 0 Å². The van der Waals surface area contributed by atoms with Crippen LogP contribution in [0.15, 0.2) is 18.2 Å². The van der Waals surface area contributed by atoms with Gasteiger partial charge in [-0.1, -0.05) is 6.08 Å². The summed E-state index contributed by atoms with van der Waals surface area (Å²) in [6.45, 7) is 5.45. The fourth-order valence-electron chi connectivity index (χ4n) is 2.12. The smallest absolute Gasteiger partial charge is 0.170 e. The van der Waals surface area contributed by atoms with Crippen molar-refractivity contribution in [3.63, 3.8) is 0 Å². The number of ketones is 1. The third-order valence-corrected chi connectivity index (χ3v) is 3.04. The van der Waals surface area contributed by atoms with Crippen LogP contribution in [0.25, 0.3) is 0 Å². The Bertz CT molecular complexity index is 501. The second-order valence-corrected chi connectivity index (χ2v) is 4.35. The highest BCUT2D eigenvalue weighted by molar-refractivity contribution is 6.01. The molecule has 1 N–H and O–H groups in total. The topological polar surface area (TPSA) is 46.5 Å². The van der Waals surface area contributed by atoms with Gasteiger partial charge in [0.2, 0.25) is 0 Å². The van der Waals surface area contributed by atoms with E-state index < -0.39 is 0 Å². The average molecular weight is 232 g/mol. The quantitative estimate of drug-likeness (QED) is 0.757. The third kappa shape index (κ3) is 1.93. The van der Waals surface area contributed by atoms with Crippen LogP contribution in [0, 0.1) is 13.8 Å². The third-order valence-electron chi connectivity index (χ3n) is 3.04. The van der Waals surface area contributed by atoms with Gasteiger partial charge in [0.1, 0.15) is 17.6 Å². The number of ether oxygens (including phenoxy) is 1. The lowest BCUT2D eigenvalue weighted by atomic mass is 9.95. The second-order valence-electron chi connectivity index (χ2n) is 4.35. The molecule has 1 aromatic carbocycles. The van der Waals surface area contributed by atoms with Gasteiger partial charge >= 0.3 is 0 Å². The van der Waals surface area contributed by atoms with Crippen molar-refractivity contribution < 1.29 is 14.6 Å².